The van der Waals surface area contributed by atoms with E-state index in [1.165, 1.54) is 11.1 Å². The zero-order valence-corrected chi connectivity index (χ0v) is 10.3. The summed E-state index contributed by atoms with van der Waals surface area (Å²) >= 11 is 3.34. The van der Waals surface area contributed by atoms with Gasteiger partial charge in [-0.05, 0) is 30.7 Å². The number of rotatable bonds is 4. The smallest absolute Gasteiger partial charge is 0.0955 e. The van der Waals surface area contributed by atoms with Crippen LogP contribution in [0.15, 0.2) is 24.5 Å². The molecule has 3 nitrogen and oxygen atoms in total. The van der Waals surface area contributed by atoms with Crippen molar-refractivity contribution in [2.45, 2.75) is 6.42 Å². The first-order valence-electron chi connectivity index (χ1n) is 4.98. The maximum absolute atomic E-state index is 4.34. The minimum absolute atomic E-state index is 0.846. The highest BCUT2D eigenvalue weighted by Gasteiger charge is 2.00. The van der Waals surface area contributed by atoms with Gasteiger partial charge in [0.2, 0.25) is 0 Å². The molecule has 1 heterocycles. The van der Waals surface area contributed by atoms with Gasteiger partial charge >= 0.3 is 0 Å². The van der Waals surface area contributed by atoms with Crippen LogP contribution in [0.5, 0.6) is 0 Å². The molecule has 1 aromatic carbocycles. The SMILES string of the molecule is Cn1cnc2cc(CCNCBr)ccc21. The molecule has 15 heavy (non-hydrogen) atoms. The second-order valence-corrected chi connectivity index (χ2v) is 4.12. The molecule has 0 aliphatic carbocycles. The molecule has 0 amide bonds. The summed E-state index contributed by atoms with van der Waals surface area (Å²) in [6.07, 6.45) is 2.89. The van der Waals surface area contributed by atoms with Crippen molar-refractivity contribution in [2.24, 2.45) is 7.05 Å². The summed E-state index contributed by atoms with van der Waals surface area (Å²) in [6.45, 7) is 0.990. The molecule has 0 aliphatic rings. The Balaban J connectivity index is 2.16. The van der Waals surface area contributed by atoms with Gasteiger partial charge in [-0.1, -0.05) is 22.0 Å². The van der Waals surface area contributed by atoms with E-state index in [2.05, 4.69) is 44.4 Å². The average Bonchev–Trinajstić information content (AvgIpc) is 2.61. The molecule has 0 bridgehead atoms. The zero-order valence-electron chi connectivity index (χ0n) is 8.70. The van der Waals surface area contributed by atoms with Crippen molar-refractivity contribution in [3.8, 4) is 0 Å². The fourth-order valence-electron chi connectivity index (χ4n) is 1.64. The van der Waals surface area contributed by atoms with Gasteiger partial charge in [-0.15, -0.1) is 0 Å². The quantitative estimate of drug-likeness (QED) is 0.522. The van der Waals surface area contributed by atoms with Gasteiger partial charge in [0.15, 0.2) is 0 Å². The second-order valence-electron chi connectivity index (χ2n) is 3.56. The number of fused-ring (bicyclic) bond motifs is 1. The fraction of sp³-hybridized carbons (Fsp3) is 0.364. The van der Waals surface area contributed by atoms with Crippen molar-refractivity contribution in [1.29, 1.82) is 0 Å². The molecule has 80 valence electrons. The van der Waals surface area contributed by atoms with E-state index in [-0.39, 0.29) is 0 Å². The zero-order chi connectivity index (χ0) is 10.7. The van der Waals surface area contributed by atoms with Gasteiger partial charge in [0.1, 0.15) is 0 Å². The first-order valence-corrected chi connectivity index (χ1v) is 6.10. The van der Waals surface area contributed by atoms with Gasteiger partial charge in [0, 0.05) is 7.05 Å². The highest BCUT2D eigenvalue weighted by atomic mass is 79.9. The molecule has 0 radical (unpaired) electrons. The van der Waals surface area contributed by atoms with E-state index < -0.39 is 0 Å². The van der Waals surface area contributed by atoms with E-state index in [1.54, 1.807) is 0 Å². The minimum atomic E-state index is 0.846. The predicted octanol–water partition coefficient (Wildman–Crippen LogP) is 2.06. The molecule has 4 heteroatoms. The summed E-state index contributed by atoms with van der Waals surface area (Å²) in [5, 5.41) is 3.24. The van der Waals surface area contributed by atoms with Crippen molar-refractivity contribution < 1.29 is 0 Å². The lowest BCUT2D eigenvalue weighted by Crippen LogP contribution is -2.14. The molecular formula is C11H14BrN3. The Morgan fingerprint density at radius 2 is 2.33 bits per heavy atom. The Hall–Kier alpha value is -0.870. The highest BCUT2D eigenvalue weighted by Crippen LogP contribution is 2.13. The van der Waals surface area contributed by atoms with Crippen LogP contribution in [-0.2, 0) is 13.5 Å². The Morgan fingerprint density at radius 3 is 3.13 bits per heavy atom. The van der Waals surface area contributed by atoms with Gasteiger partial charge in [-0.2, -0.15) is 0 Å². The van der Waals surface area contributed by atoms with Crippen LogP contribution in [0, 0.1) is 0 Å². The maximum atomic E-state index is 4.34. The third kappa shape index (κ3) is 2.38. The van der Waals surface area contributed by atoms with Crippen molar-refractivity contribution >= 4 is 27.0 Å². The Morgan fingerprint density at radius 1 is 1.47 bits per heavy atom. The number of nitrogens with zero attached hydrogens (tertiary/aromatic N) is 2. The molecule has 2 aromatic rings. The highest BCUT2D eigenvalue weighted by molar-refractivity contribution is 9.09. The number of benzene rings is 1. The molecule has 0 spiro atoms. The van der Waals surface area contributed by atoms with Gasteiger partial charge in [-0.3, -0.25) is 0 Å². The number of hydrogen-bond acceptors (Lipinski definition) is 2. The summed E-state index contributed by atoms with van der Waals surface area (Å²) < 4.78 is 2.04. The van der Waals surface area contributed by atoms with Crippen LogP contribution >= 0.6 is 15.9 Å². The molecule has 1 N–H and O–H groups in total. The van der Waals surface area contributed by atoms with Crippen LogP contribution in [-0.4, -0.2) is 21.5 Å². The van der Waals surface area contributed by atoms with E-state index in [0.29, 0.717) is 0 Å². The van der Waals surface area contributed by atoms with E-state index >= 15 is 0 Å². The summed E-state index contributed by atoms with van der Waals surface area (Å²) in [7, 11) is 2.02. The third-order valence-corrected chi connectivity index (χ3v) is 2.87. The summed E-state index contributed by atoms with van der Waals surface area (Å²) in [4.78, 5) is 4.34. The van der Waals surface area contributed by atoms with Crippen LogP contribution < -0.4 is 5.32 Å². The molecule has 0 saturated heterocycles. The largest absolute Gasteiger partial charge is 0.334 e. The molecule has 0 fully saturated rings. The molecule has 1 aromatic heterocycles. The van der Waals surface area contributed by atoms with E-state index in [4.69, 9.17) is 0 Å². The molecular weight excluding hydrogens is 254 g/mol. The molecule has 0 aliphatic heterocycles. The maximum Gasteiger partial charge on any atom is 0.0955 e. The van der Waals surface area contributed by atoms with Gasteiger partial charge in [-0.25, -0.2) is 4.98 Å². The molecule has 0 atom stereocenters. The minimum Gasteiger partial charge on any atom is -0.334 e. The van der Waals surface area contributed by atoms with E-state index in [9.17, 15) is 0 Å². The van der Waals surface area contributed by atoms with Gasteiger partial charge < -0.3 is 9.88 Å². The fourth-order valence-corrected chi connectivity index (χ4v) is 1.92. The number of imidazole rings is 1. The molecule has 2 rings (SSSR count). The van der Waals surface area contributed by atoms with E-state index in [0.717, 1.165) is 23.9 Å². The number of aromatic nitrogens is 2. The predicted molar refractivity (Wildman–Crippen MR) is 66.2 cm³/mol. The third-order valence-electron chi connectivity index (χ3n) is 2.47. The van der Waals surface area contributed by atoms with Crippen LogP contribution in [0.25, 0.3) is 11.0 Å². The normalized spacial score (nSPS) is 11.1. The van der Waals surface area contributed by atoms with Gasteiger partial charge in [0.25, 0.3) is 0 Å². The number of hydrogen-bond donors (Lipinski definition) is 1. The van der Waals surface area contributed by atoms with Crippen LogP contribution in [0.1, 0.15) is 5.56 Å². The standard InChI is InChI=1S/C11H14BrN3/c1-15-8-14-10-6-9(2-3-11(10)15)4-5-13-7-12/h2-3,6,8,13H,4-5,7H2,1H3. The number of aryl methyl sites for hydroxylation is 1. The molecule has 0 saturated carbocycles. The number of nitrogens with one attached hydrogen (secondary N) is 1. The first kappa shape index (κ1) is 10.6. The lowest BCUT2D eigenvalue weighted by molar-refractivity contribution is 0.779. The summed E-state index contributed by atoms with van der Waals surface area (Å²) in [5.41, 5.74) is 4.44. The van der Waals surface area contributed by atoms with E-state index in [1.807, 2.05) is 17.9 Å². The lowest BCUT2D eigenvalue weighted by Gasteiger charge is -2.02. The lowest BCUT2D eigenvalue weighted by atomic mass is 10.1. The Labute approximate surface area is 97.6 Å². The van der Waals surface area contributed by atoms with Gasteiger partial charge in [0.05, 0.1) is 22.8 Å². The van der Waals surface area contributed by atoms with Crippen LogP contribution in [0.2, 0.25) is 0 Å². The molecule has 0 unspecified atom stereocenters. The summed E-state index contributed by atoms with van der Waals surface area (Å²) in [5.74, 6) is 0. The first-order chi connectivity index (χ1) is 7.31. The summed E-state index contributed by atoms with van der Waals surface area (Å²) in [6, 6.07) is 6.46. The van der Waals surface area contributed by atoms with Crippen molar-refractivity contribution in [2.75, 3.05) is 12.0 Å². The monoisotopic (exact) mass is 267 g/mol. The van der Waals surface area contributed by atoms with Crippen LogP contribution in [0.4, 0.5) is 0 Å². The Kier molecular flexibility index (Phi) is 3.38. The van der Waals surface area contributed by atoms with Crippen molar-refractivity contribution in [3.63, 3.8) is 0 Å². The topological polar surface area (TPSA) is 29.9 Å². The Bertz CT molecular complexity index is 450. The van der Waals surface area contributed by atoms with Crippen molar-refractivity contribution in [3.05, 3.63) is 30.1 Å². The van der Waals surface area contributed by atoms with Crippen LogP contribution in [0.3, 0.4) is 0 Å². The van der Waals surface area contributed by atoms with Crippen molar-refractivity contribution in [1.82, 2.24) is 14.9 Å². The second kappa shape index (κ2) is 4.77. The number of alkyl halides is 1. The average molecular weight is 268 g/mol. The number of halogens is 1.